The van der Waals surface area contributed by atoms with E-state index in [-0.39, 0.29) is 33.9 Å². The lowest BCUT2D eigenvalue weighted by Gasteiger charge is -2.19. The van der Waals surface area contributed by atoms with Crippen molar-refractivity contribution < 1.29 is 8.42 Å². The molecule has 11 nitrogen and oxygen atoms in total. The normalized spacial score (nSPS) is 16.6. The van der Waals surface area contributed by atoms with Crippen LogP contribution in [-0.4, -0.2) is 48.6 Å². The van der Waals surface area contributed by atoms with Gasteiger partial charge in [-0.15, -0.1) is 11.3 Å². The van der Waals surface area contributed by atoms with E-state index >= 15 is 0 Å². The highest BCUT2D eigenvalue weighted by molar-refractivity contribution is 7.93. The van der Waals surface area contributed by atoms with Crippen LogP contribution in [-0.2, 0) is 16.4 Å². The van der Waals surface area contributed by atoms with E-state index < -0.39 is 9.84 Å². The number of thiazole rings is 1. The molecule has 0 amide bonds. The largest absolute Gasteiger partial charge is 0.359 e. The summed E-state index contributed by atoms with van der Waals surface area (Å²) < 4.78 is 26.2. The van der Waals surface area contributed by atoms with Crippen LogP contribution in [0.3, 0.4) is 0 Å². The quantitative estimate of drug-likeness (QED) is 0.326. The molecule has 2 saturated carbocycles. The molecule has 4 aromatic heterocycles. The molecular formula is C25H28N8O3S2. The summed E-state index contributed by atoms with van der Waals surface area (Å²) in [6, 6.07) is -0.0616. The molecule has 2 fully saturated rings. The maximum atomic E-state index is 13.7. The molecule has 0 bridgehead atoms. The number of hydrogen-bond donors (Lipinski definition) is 1. The summed E-state index contributed by atoms with van der Waals surface area (Å²) in [5, 5.41) is 3.63. The maximum absolute atomic E-state index is 13.7. The van der Waals surface area contributed by atoms with Crippen LogP contribution in [0.2, 0.25) is 0 Å². The Bertz CT molecular complexity index is 1710. The molecule has 0 spiro atoms. The fourth-order valence-corrected chi connectivity index (χ4v) is 6.89. The molecule has 38 heavy (non-hydrogen) atoms. The van der Waals surface area contributed by atoms with Gasteiger partial charge >= 0.3 is 0 Å². The summed E-state index contributed by atoms with van der Waals surface area (Å²) >= 11 is 1.09. The number of nitrogens with zero attached hydrogens (tertiary/aromatic N) is 7. The van der Waals surface area contributed by atoms with E-state index in [1.54, 1.807) is 24.0 Å². The molecule has 1 unspecified atom stereocenters. The number of fused-ring (bicyclic) bond motifs is 1. The summed E-state index contributed by atoms with van der Waals surface area (Å²) in [6.45, 7) is 5.75. The Morgan fingerprint density at radius 1 is 1.11 bits per heavy atom. The molecule has 1 atom stereocenters. The minimum atomic E-state index is -3.33. The number of aryl methyl sites for hydroxylation is 1. The SMILES string of the molecule is CCS(=O)(=O)c1cnc(CNc2nc3cnc(-c4c(C)ncnc4C4CC4)nc3n(C(C)C3CC3)c2=O)s1. The Morgan fingerprint density at radius 2 is 1.89 bits per heavy atom. The number of nitrogens with one attached hydrogen (secondary N) is 1. The van der Waals surface area contributed by atoms with Gasteiger partial charge in [0.1, 0.15) is 21.1 Å². The van der Waals surface area contributed by atoms with Crippen molar-refractivity contribution in [2.75, 3.05) is 11.1 Å². The van der Waals surface area contributed by atoms with E-state index in [0.29, 0.717) is 33.8 Å². The van der Waals surface area contributed by atoms with E-state index in [0.717, 1.165) is 54.0 Å². The summed E-state index contributed by atoms with van der Waals surface area (Å²) in [7, 11) is -3.33. The van der Waals surface area contributed by atoms with Crippen molar-refractivity contribution >= 4 is 38.2 Å². The topological polar surface area (TPSA) is 146 Å². The highest BCUT2D eigenvalue weighted by atomic mass is 32.2. The van der Waals surface area contributed by atoms with Crippen molar-refractivity contribution in [2.24, 2.45) is 5.92 Å². The molecule has 4 aromatic rings. The lowest BCUT2D eigenvalue weighted by atomic mass is 10.1. The van der Waals surface area contributed by atoms with Gasteiger partial charge in [0.25, 0.3) is 5.56 Å². The van der Waals surface area contributed by atoms with Gasteiger partial charge in [0.15, 0.2) is 27.1 Å². The molecule has 2 aliphatic rings. The van der Waals surface area contributed by atoms with Crippen molar-refractivity contribution in [2.45, 2.75) is 69.2 Å². The van der Waals surface area contributed by atoms with Crippen LogP contribution in [0.1, 0.15) is 67.9 Å². The van der Waals surface area contributed by atoms with Gasteiger partial charge in [-0.25, -0.2) is 38.3 Å². The standard InChI is InChI=1S/C25H28N8O3S2/c1-4-38(35,36)19-11-26-18(37-19)10-28-23-25(34)33(14(3)15-5-6-15)24-17(31-23)9-27-22(32-24)20-13(2)29-12-30-21(20)16-7-8-16/h9,11-12,14-16H,4-8,10H2,1-3H3,(H,28,31). The number of sulfone groups is 1. The Balaban J connectivity index is 1.41. The van der Waals surface area contributed by atoms with Crippen molar-refractivity contribution in [3.05, 3.63) is 45.5 Å². The lowest BCUT2D eigenvalue weighted by molar-refractivity contribution is 0.482. The minimum absolute atomic E-state index is 0.0107. The van der Waals surface area contributed by atoms with Crippen LogP contribution in [0.25, 0.3) is 22.6 Å². The minimum Gasteiger partial charge on any atom is -0.359 e. The van der Waals surface area contributed by atoms with Gasteiger partial charge < -0.3 is 5.32 Å². The van der Waals surface area contributed by atoms with Crippen LogP contribution < -0.4 is 10.9 Å². The number of rotatable bonds is 9. The average Bonchev–Trinajstić information content (AvgIpc) is 3.84. The lowest BCUT2D eigenvalue weighted by Crippen LogP contribution is -2.29. The van der Waals surface area contributed by atoms with E-state index in [2.05, 4.69) is 30.2 Å². The smallest absolute Gasteiger partial charge is 0.295 e. The predicted octanol–water partition coefficient (Wildman–Crippen LogP) is 3.66. The Labute approximate surface area is 223 Å². The van der Waals surface area contributed by atoms with Crippen LogP contribution in [0.4, 0.5) is 5.82 Å². The first-order valence-electron chi connectivity index (χ1n) is 12.8. The third-order valence-electron chi connectivity index (χ3n) is 7.22. The first-order chi connectivity index (χ1) is 18.3. The van der Waals surface area contributed by atoms with E-state index in [1.165, 1.54) is 6.20 Å². The van der Waals surface area contributed by atoms with Gasteiger partial charge in [0, 0.05) is 12.0 Å². The van der Waals surface area contributed by atoms with Gasteiger partial charge in [0.05, 0.1) is 41.6 Å². The Hall–Kier alpha value is -3.32. The second-order valence-corrected chi connectivity index (χ2v) is 13.6. The number of anilines is 1. The van der Waals surface area contributed by atoms with Crippen LogP contribution in [0.15, 0.2) is 27.7 Å². The van der Waals surface area contributed by atoms with Gasteiger partial charge in [-0.3, -0.25) is 9.36 Å². The monoisotopic (exact) mass is 552 g/mol. The molecule has 0 aliphatic heterocycles. The first-order valence-corrected chi connectivity index (χ1v) is 15.3. The van der Waals surface area contributed by atoms with Crippen molar-refractivity contribution in [1.29, 1.82) is 0 Å². The second-order valence-electron chi connectivity index (χ2n) is 9.94. The van der Waals surface area contributed by atoms with Crippen LogP contribution >= 0.6 is 11.3 Å². The van der Waals surface area contributed by atoms with Crippen LogP contribution in [0.5, 0.6) is 0 Å². The van der Waals surface area contributed by atoms with Crippen molar-refractivity contribution in [3.63, 3.8) is 0 Å². The van der Waals surface area contributed by atoms with Crippen molar-refractivity contribution in [1.82, 2.24) is 34.5 Å². The molecular weight excluding hydrogens is 524 g/mol. The summed E-state index contributed by atoms with van der Waals surface area (Å²) in [6.07, 6.45) is 8.89. The van der Waals surface area contributed by atoms with Gasteiger partial charge in [0.2, 0.25) is 0 Å². The zero-order chi connectivity index (χ0) is 26.6. The molecule has 6 rings (SSSR count). The average molecular weight is 553 g/mol. The third-order valence-corrected chi connectivity index (χ3v) is 10.5. The fourth-order valence-electron chi connectivity index (χ4n) is 4.66. The third kappa shape index (κ3) is 4.57. The van der Waals surface area contributed by atoms with Crippen molar-refractivity contribution in [3.8, 4) is 11.4 Å². The van der Waals surface area contributed by atoms with Gasteiger partial charge in [-0.05, 0) is 45.4 Å². The number of hydrogen-bond acceptors (Lipinski definition) is 11. The summed E-state index contributed by atoms with van der Waals surface area (Å²) in [5.41, 5.74) is 3.31. The van der Waals surface area contributed by atoms with E-state index in [4.69, 9.17) is 4.98 Å². The number of aromatic nitrogens is 7. The highest BCUT2D eigenvalue weighted by Gasteiger charge is 2.33. The molecule has 198 valence electrons. The summed E-state index contributed by atoms with van der Waals surface area (Å²) in [4.78, 5) is 40.9. The Morgan fingerprint density at radius 3 is 2.61 bits per heavy atom. The van der Waals surface area contributed by atoms with Gasteiger partial charge in [-0.1, -0.05) is 6.92 Å². The predicted molar refractivity (Wildman–Crippen MR) is 144 cm³/mol. The molecule has 0 saturated heterocycles. The summed E-state index contributed by atoms with van der Waals surface area (Å²) in [5.74, 6) is 1.46. The molecule has 4 heterocycles. The highest BCUT2D eigenvalue weighted by Crippen LogP contribution is 2.43. The molecule has 2 aliphatic carbocycles. The molecule has 0 aromatic carbocycles. The molecule has 13 heteroatoms. The van der Waals surface area contributed by atoms with Crippen LogP contribution in [0, 0.1) is 12.8 Å². The van der Waals surface area contributed by atoms with E-state index in [1.807, 2.05) is 13.8 Å². The first kappa shape index (κ1) is 25.0. The fraction of sp³-hybridized carbons (Fsp3) is 0.480. The van der Waals surface area contributed by atoms with E-state index in [9.17, 15) is 13.2 Å². The zero-order valence-electron chi connectivity index (χ0n) is 21.4. The molecule has 1 N–H and O–H groups in total. The second kappa shape index (κ2) is 9.45. The van der Waals surface area contributed by atoms with Gasteiger partial charge in [-0.2, -0.15) is 0 Å². The maximum Gasteiger partial charge on any atom is 0.295 e. The Kier molecular flexibility index (Phi) is 6.22. The molecule has 0 radical (unpaired) electrons. The zero-order valence-corrected chi connectivity index (χ0v) is 23.0.